The molecule has 6 aliphatic rings. The van der Waals surface area contributed by atoms with Crippen LogP contribution in [0.25, 0.3) is 88.3 Å². The monoisotopic (exact) mass is 1280 g/mol. The molecule has 0 N–H and O–H groups in total. The zero-order valence-corrected chi connectivity index (χ0v) is 58.3. The van der Waals surface area contributed by atoms with Crippen molar-refractivity contribution in [2.24, 2.45) is 5.92 Å². The third kappa shape index (κ3) is 9.01. The lowest BCUT2D eigenvalue weighted by molar-refractivity contribution is 0.394. The first kappa shape index (κ1) is 60.1. The second-order valence-corrected chi connectivity index (χ2v) is 31.1. The fourth-order valence-electron chi connectivity index (χ4n) is 19.0. The maximum absolute atomic E-state index is 2.58. The Labute approximate surface area is 589 Å². The number of rotatable bonds is 10. The highest BCUT2D eigenvalue weighted by molar-refractivity contribution is 6.23. The van der Waals surface area contributed by atoms with Crippen molar-refractivity contribution in [3.8, 4) is 66.8 Å². The van der Waals surface area contributed by atoms with E-state index in [4.69, 9.17) is 0 Å². The van der Waals surface area contributed by atoms with Crippen molar-refractivity contribution >= 4 is 55.7 Å². The van der Waals surface area contributed by atoms with Gasteiger partial charge in [0, 0.05) is 62.2 Å². The van der Waals surface area contributed by atoms with E-state index in [9.17, 15) is 0 Å². The van der Waals surface area contributed by atoms with E-state index in [1.807, 2.05) is 0 Å². The van der Waals surface area contributed by atoms with Crippen LogP contribution in [0, 0.1) is 5.92 Å². The molecule has 13 aromatic carbocycles. The number of fused-ring (bicyclic) bond motifs is 14. The van der Waals surface area contributed by atoms with Gasteiger partial charge in [-0.3, -0.25) is 0 Å². The molecule has 0 aromatic heterocycles. The standard InChI is InChI=1S/C98H80N2/c1-95(2)85-37-19-15-33-73(85)77-47-41-69(57-89(77)95)99(70-42-48-78-74-34-16-20-38-86(74)96(3,4)90(78)58-70)67-45-51-81-83(55-67)93(65-31-23-29-63(53-65)61-25-11-9-12-26-61)82-52-46-68(56-84(82)94(81)66-32-24-30-64(54-66)62-27-13-10-14-28-62)100(71-43-49-79-75-35-17-21-39-87(75)97(5,6)91(79)59-71)72-44-50-80-76-36-18-22-40-88(76)98(7,8)92(80)60-72/h9-27,29-60,62,73,85H,28H2,1-8H3. The van der Waals surface area contributed by atoms with E-state index in [1.54, 1.807) is 0 Å². The number of nitrogens with zero attached hydrogens (tertiary/aromatic N) is 2. The first-order valence-electron chi connectivity index (χ1n) is 36.1. The summed E-state index contributed by atoms with van der Waals surface area (Å²) in [6, 6.07) is 101. The molecular weight excluding hydrogens is 1210 g/mol. The topological polar surface area (TPSA) is 6.48 Å². The van der Waals surface area contributed by atoms with Crippen LogP contribution in [0.15, 0.2) is 309 Å². The number of hydrogen-bond acceptors (Lipinski definition) is 2. The number of benzene rings is 13. The van der Waals surface area contributed by atoms with Crippen LogP contribution in [0.2, 0.25) is 0 Å². The molecule has 482 valence electrons. The van der Waals surface area contributed by atoms with E-state index < -0.39 is 0 Å². The lowest BCUT2D eigenvalue weighted by Crippen LogP contribution is -2.24. The first-order chi connectivity index (χ1) is 48.6. The summed E-state index contributed by atoms with van der Waals surface area (Å²) >= 11 is 0. The molecule has 19 rings (SSSR count). The van der Waals surface area contributed by atoms with Crippen molar-refractivity contribution in [1.82, 2.24) is 0 Å². The van der Waals surface area contributed by atoms with Gasteiger partial charge in [-0.15, -0.1) is 0 Å². The van der Waals surface area contributed by atoms with Gasteiger partial charge in [0.05, 0.1) is 0 Å². The summed E-state index contributed by atoms with van der Waals surface area (Å²) in [5.74, 6) is 0.981. The Hall–Kier alpha value is -11.1. The second kappa shape index (κ2) is 22.2. The molecule has 3 atom stereocenters. The van der Waals surface area contributed by atoms with Gasteiger partial charge in [0.15, 0.2) is 0 Å². The van der Waals surface area contributed by atoms with Crippen molar-refractivity contribution in [3.63, 3.8) is 0 Å². The van der Waals surface area contributed by atoms with Crippen molar-refractivity contribution in [3.05, 3.63) is 360 Å². The fraction of sp³-hybridized carbons (Fsp3) is 0.163. The highest BCUT2D eigenvalue weighted by Crippen LogP contribution is 2.59. The molecule has 0 aliphatic heterocycles. The minimum Gasteiger partial charge on any atom is -0.310 e. The molecule has 0 saturated heterocycles. The maximum Gasteiger partial charge on any atom is 0.0468 e. The Morgan fingerprint density at radius 1 is 0.290 bits per heavy atom. The molecule has 0 saturated carbocycles. The largest absolute Gasteiger partial charge is 0.310 e. The molecule has 0 amide bonds. The van der Waals surface area contributed by atoms with Crippen LogP contribution >= 0.6 is 0 Å². The number of hydrogen-bond donors (Lipinski definition) is 0. The van der Waals surface area contributed by atoms with Crippen LogP contribution in [0.4, 0.5) is 34.1 Å². The van der Waals surface area contributed by atoms with Crippen molar-refractivity contribution in [2.75, 3.05) is 9.80 Å². The van der Waals surface area contributed by atoms with Crippen LogP contribution < -0.4 is 9.80 Å². The molecule has 2 nitrogen and oxygen atoms in total. The van der Waals surface area contributed by atoms with Gasteiger partial charge in [0.1, 0.15) is 0 Å². The molecule has 0 spiro atoms. The smallest absolute Gasteiger partial charge is 0.0468 e. The molecule has 6 aliphatic carbocycles. The second-order valence-electron chi connectivity index (χ2n) is 31.1. The SMILES string of the molecule is CC1(C)c2ccccc2-c2ccc(N(c3ccc4c(c3)C(C)(C)c3ccccc3-4)c3ccc4c(-c5cccc(-c6ccccc6)c5)c5cc(N(c6ccc7c(c6)C(C)(C)c6ccccc6-7)c6ccc7c(c6)C(C)(C)C6C=CC=CC76)ccc5c(-c5cccc(C6C=CC=CC6)c5)c4c3)cc21. The van der Waals surface area contributed by atoms with E-state index in [0.29, 0.717) is 11.8 Å². The summed E-state index contributed by atoms with van der Waals surface area (Å²) in [6.07, 6.45) is 19.4. The van der Waals surface area contributed by atoms with Gasteiger partial charge in [-0.2, -0.15) is 0 Å². The van der Waals surface area contributed by atoms with E-state index in [0.717, 1.165) is 40.5 Å². The highest BCUT2D eigenvalue weighted by atomic mass is 15.1. The molecular formula is C98H80N2. The van der Waals surface area contributed by atoms with E-state index >= 15 is 0 Å². The minimum atomic E-state index is -0.204. The molecule has 13 aromatic rings. The average molecular weight is 1290 g/mol. The Morgan fingerprint density at radius 3 is 1.22 bits per heavy atom. The van der Waals surface area contributed by atoms with Crippen molar-refractivity contribution < 1.29 is 0 Å². The van der Waals surface area contributed by atoms with Crippen LogP contribution in [0.5, 0.6) is 0 Å². The number of anilines is 6. The molecule has 3 unspecified atom stereocenters. The number of allylic oxidation sites excluding steroid dienone is 8. The molecule has 100 heavy (non-hydrogen) atoms. The van der Waals surface area contributed by atoms with E-state index in [-0.39, 0.29) is 27.6 Å². The van der Waals surface area contributed by atoms with Gasteiger partial charge in [-0.25, -0.2) is 0 Å². The summed E-state index contributed by atoms with van der Waals surface area (Å²) < 4.78 is 0. The Balaban J connectivity index is 0.892. The van der Waals surface area contributed by atoms with Crippen LogP contribution in [-0.2, 0) is 21.7 Å². The summed E-state index contributed by atoms with van der Waals surface area (Å²) in [7, 11) is 0. The van der Waals surface area contributed by atoms with Gasteiger partial charge >= 0.3 is 0 Å². The van der Waals surface area contributed by atoms with Crippen molar-refractivity contribution in [2.45, 2.75) is 95.3 Å². The summed E-state index contributed by atoms with van der Waals surface area (Å²) in [6.45, 7) is 19.3. The Bertz CT molecular complexity index is 5630. The predicted molar refractivity (Wildman–Crippen MR) is 423 cm³/mol. The molecule has 0 heterocycles. The van der Waals surface area contributed by atoms with E-state index in [1.165, 1.54) is 138 Å². The maximum atomic E-state index is 2.58. The normalized spacial score (nSPS) is 18.2. The van der Waals surface area contributed by atoms with Crippen LogP contribution in [0.1, 0.15) is 124 Å². The summed E-state index contributed by atoms with van der Waals surface area (Å²) in [5, 5.41) is 4.79. The zero-order chi connectivity index (χ0) is 67.6. The molecule has 0 fully saturated rings. The summed E-state index contributed by atoms with van der Waals surface area (Å²) in [4.78, 5) is 5.14. The van der Waals surface area contributed by atoms with Gasteiger partial charge < -0.3 is 9.80 Å². The zero-order valence-electron chi connectivity index (χ0n) is 58.3. The van der Waals surface area contributed by atoms with Crippen LogP contribution in [-0.4, -0.2) is 0 Å². The third-order valence-corrected chi connectivity index (χ3v) is 24.2. The lowest BCUT2D eigenvalue weighted by atomic mass is 9.74. The Kier molecular flexibility index (Phi) is 13.4. The molecule has 0 bridgehead atoms. The van der Waals surface area contributed by atoms with Gasteiger partial charge in [0.25, 0.3) is 0 Å². The summed E-state index contributed by atoms with van der Waals surface area (Å²) in [5.41, 5.74) is 33.5. The highest BCUT2D eigenvalue weighted by Gasteiger charge is 2.45. The van der Waals surface area contributed by atoms with Gasteiger partial charge in [0.2, 0.25) is 0 Å². The Morgan fingerprint density at radius 2 is 0.700 bits per heavy atom. The minimum absolute atomic E-state index is 0.0860. The van der Waals surface area contributed by atoms with Gasteiger partial charge in [-0.1, -0.05) is 286 Å². The lowest BCUT2D eigenvalue weighted by Gasteiger charge is -2.31. The van der Waals surface area contributed by atoms with Crippen molar-refractivity contribution in [1.29, 1.82) is 0 Å². The predicted octanol–water partition coefficient (Wildman–Crippen LogP) is 26.6. The fourth-order valence-corrected chi connectivity index (χ4v) is 19.0. The average Bonchev–Trinajstić information content (AvgIpc) is 1.20. The van der Waals surface area contributed by atoms with Crippen LogP contribution in [0.3, 0.4) is 0 Å². The molecule has 0 radical (unpaired) electrons. The third-order valence-electron chi connectivity index (χ3n) is 24.2. The molecule has 2 heteroatoms. The quantitative estimate of drug-likeness (QED) is 0.126. The first-order valence-corrected chi connectivity index (χ1v) is 36.1. The van der Waals surface area contributed by atoms with Gasteiger partial charge in [-0.05, 0) is 235 Å². The van der Waals surface area contributed by atoms with E-state index in [2.05, 4.69) is 375 Å².